The van der Waals surface area contributed by atoms with Crippen LogP contribution in [0.15, 0.2) is 42.7 Å². The molecule has 2 aromatic heterocycles. The van der Waals surface area contributed by atoms with Crippen molar-refractivity contribution in [3.8, 4) is 22.6 Å². The van der Waals surface area contributed by atoms with Gasteiger partial charge in [0.25, 0.3) is 0 Å². The molecule has 3 N–H and O–H groups in total. The van der Waals surface area contributed by atoms with E-state index < -0.39 is 0 Å². The quantitative estimate of drug-likeness (QED) is 0.654. The van der Waals surface area contributed by atoms with Gasteiger partial charge in [-0.2, -0.15) is 4.98 Å². The summed E-state index contributed by atoms with van der Waals surface area (Å²) in [7, 11) is 3.31. The van der Waals surface area contributed by atoms with E-state index in [4.69, 9.17) is 4.74 Å². The fourth-order valence-corrected chi connectivity index (χ4v) is 2.47. The van der Waals surface area contributed by atoms with Gasteiger partial charge in [-0.25, -0.2) is 4.98 Å². The first kappa shape index (κ1) is 16.5. The van der Waals surface area contributed by atoms with Crippen LogP contribution in [0.4, 0.5) is 17.5 Å². The number of pyridine rings is 1. The van der Waals surface area contributed by atoms with E-state index in [1.165, 1.54) is 6.20 Å². The van der Waals surface area contributed by atoms with Crippen molar-refractivity contribution in [2.45, 2.75) is 6.92 Å². The summed E-state index contributed by atoms with van der Waals surface area (Å²) in [6, 6.07) is 9.71. The minimum absolute atomic E-state index is 0. The van der Waals surface area contributed by atoms with Gasteiger partial charge >= 0.3 is 0 Å². The second kappa shape index (κ2) is 7.04. The molecule has 7 nitrogen and oxygen atoms in total. The summed E-state index contributed by atoms with van der Waals surface area (Å²) in [6.45, 7) is 1.95. The molecule has 0 amide bonds. The molecule has 130 valence electrons. The van der Waals surface area contributed by atoms with Crippen molar-refractivity contribution in [1.82, 2.24) is 15.0 Å². The van der Waals surface area contributed by atoms with Crippen molar-refractivity contribution in [1.29, 1.82) is 0 Å². The van der Waals surface area contributed by atoms with Crippen molar-refractivity contribution in [2.24, 2.45) is 0 Å². The SMILES string of the molecule is CNc1nc(Nc2ccc(-c3ccnc(C)c3)c(OC)c2)ncc1O.[HH]. The number of rotatable bonds is 5. The third kappa shape index (κ3) is 3.60. The maximum Gasteiger partial charge on any atom is 0.229 e. The molecular weight excluding hydrogens is 318 g/mol. The molecule has 0 radical (unpaired) electrons. The number of ether oxygens (including phenoxy) is 1. The van der Waals surface area contributed by atoms with E-state index in [1.54, 1.807) is 20.4 Å². The zero-order chi connectivity index (χ0) is 17.8. The fourth-order valence-electron chi connectivity index (χ4n) is 2.47. The van der Waals surface area contributed by atoms with Crippen molar-refractivity contribution in [3.63, 3.8) is 0 Å². The second-order valence-electron chi connectivity index (χ2n) is 5.40. The Labute approximate surface area is 147 Å². The maximum atomic E-state index is 9.63. The summed E-state index contributed by atoms with van der Waals surface area (Å²) in [6.07, 6.45) is 3.12. The van der Waals surface area contributed by atoms with Gasteiger partial charge in [-0.3, -0.25) is 4.98 Å². The van der Waals surface area contributed by atoms with E-state index in [-0.39, 0.29) is 7.18 Å². The Hall–Kier alpha value is -3.35. The van der Waals surface area contributed by atoms with Gasteiger partial charge in [-0.05, 0) is 36.8 Å². The number of hydrogen-bond donors (Lipinski definition) is 3. The van der Waals surface area contributed by atoms with Crippen LogP contribution in [0.2, 0.25) is 0 Å². The van der Waals surface area contributed by atoms with E-state index in [2.05, 4.69) is 25.6 Å². The Bertz CT molecular complexity index is 904. The molecule has 3 aromatic rings. The lowest BCUT2D eigenvalue weighted by molar-refractivity contribution is 0.416. The Morgan fingerprint density at radius 2 is 2.00 bits per heavy atom. The highest BCUT2D eigenvalue weighted by atomic mass is 16.5. The number of hydrogen-bond acceptors (Lipinski definition) is 7. The lowest BCUT2D eigenvalue weighted by Crippen LogP contribution is -2.01. The van der Waals surface area contributed by atoms with Gasteiger partial charge in [-0.15, -0.1) is 0 Å². The molecule has 0 spiro atoms. The van der Waals surface area contributed by atoms with E-state index in [0.29, 0.717) is 11.8 Å². The van der Waals surface area contributed by atoms with Gasteiger partial charge in [0.15, 0.2) is 11.6 Å². The number of methoxy groups -OCH3 is 1. The van der Waals surface area contributed by atoms with Crippen LogP contribution in [0.3, 0.4) is 0 Å². The Kier molecular flexibility index (Phi) is 4.65. The monoisotopic (exact) mass is 339 g/mol. The van der Waals surface area contributed by atoms with Crippen LogP contribution in [-0.2, 0) is 0 Å². The van der Waals surface area contributed by atoms with Crippen LogP contribution < -0.4 is 15.4 Å². The molecule has 0 aliphatic carbocycles. The summed E-state index contributed by atoms with van der Waals surface area (Å²) in [5, 5.41) is 15.5. The van der Waals surface area contributed by atoms with Gasteiger partial charge < -0.3 is 20.5 Å². The summed E-state index contributed by atoms with van der Waals surface area (Å²) in [5.74, 6) is 1.45. The normalized spacial score (nSPS) is 10.4. The zero-order valence-electron chi connectivity index (χ0n) is 14.2. The number of aromatic hydroxyl groups is 1. The minimum Gasteiger partial charge on any atom is -0.503 e. The molecule has 0 aliphatic heterocycles. The first-order valence-electron chi connectivity index (χ1n) is 7.72. The molecule has 2 heterocycles. The molecule has 0 aliphatic rings. The van der Waals surface area contributed by atoms with Crippen LogP contribution in [0, 0.1) is 6.92 Å². The molecule has 25 heavy (non-hydrogen) atoms. The highest BCUT2D eigenvalue weighted by Gasteiger charge is 2.09. The second-order valence-corrected chi connectivity index (χ2v) is 5.40. The zero-order valence-corrected chi connectivity index (χ0v) is 14.2. The molecule has 0 atom stereocenters. The van der Waals surface area contributed by atoms with Crippen molar-refractivity contribution >= 4 is 17.5 Å². The Morgan fingerprint density at radius 1 is 1.16 bits per heavy atom. The van der Waals surface area contributed by atoms with Crippen LogP contribution in [0.5, 0.6) is 11.5 Å². The van der Waals surface area contributed by atoms with Crippen molar-refractivity contribution in [3.05, 3.63) is 48.4 Å². The number of benzene rings is 1. The Balaban J connectivity index is 0.00000243. The predicted octanol–water partition coefficient (Wildman–Crippen LogP) is 3.59. The molecule has 0 bridgehead atoms. The summed E-state index contributed by atoms with van der Waals surface area (Å²) >= 11 is 0. The van der Waals surface area contributed by atoms with E-state index in [0.717, 1.165) is 28.3 Å². The first-order valence-corrected chi connectivity index (χ1v) is 7.72. The van der Waals surface area contributed by atoms with Crippen molar-refractivity contribution < 1.29 is 11.3 Å². The average Bonchev–Trinajstić information content (AvgIpc) is 2.63. The number of aryl methyl sites for hydroxylation is 1. The van der Waals surface area contributed by atoms with Gasteiger partial charge in [0.1, 0.15) is 5.75 Å². The van der Waals surface area contributed by atoms with E-state index >= 15 is 0 Å². The predicted molar refractivity (Wildman–Crippen MR) is 99.6 cm³/mol. The number of nitrogens with zero attached hydrogens (tertiary/aromatic N) is 3. The van der Waals surface area contributed by atoms with Crippen LogP contribution in [-0.4, -0.2) is 34.2 Å². The van der Waals surface area contributed by atoms with Gasteiger partial charge in [-0.1, -0.05) is 0 Å². The largest absolute Gasteiger partial charge is 0.503 e. The minimum atomic E-state index is -0.00552. The van der Waals surface area contributed by atoms with Gasteiger partial charge in [0, 0.05) is 37.7 Å². The Morgan fingerprint density at radius 3 is 2.72 bits per heavy atom. The lowest BCUT2D eigenvalue weighted by atomic mass is 10.0. The smallest absolute Gasteiger partial charge is 0.229 e. The lowest BCUT2D eigenvalue weighted by Gasteiger charge is -2.12. The third-order valence-electron chi connectivity index (χ3n) is 3.67. The fraction of sp³-hybridized carbons (Fsp3) is 0.167. The molecule has 3 rings (SSSR count). The average molecular weight is 339 g/mol. The highest BCUT2D eigenvalue weighted by molar-refractivity contribution is 5.74. The van der Waals surface area contributed by atoms with Crippen LogP contribution in [0.25, 0.3) is 11.1 Å². The number of aromatic nitrogens is 3. The summed E-state index contributed by atoms with van der Waals surface area (Å²) in [4.78, 5) is 12.5. The molecule has 0 saturated carbocycles. The third-order valence-corrected chi connectivity index (χ3v) is 3.67. The van der Waals surface area contributed by atoms with Crippen molar-refractivity contribution in [2.75, 3.05) is 24.8 Å². The number of anilines is 3. The molecule has 0 fully saturated rings. The van der Waals surface area contributed by atoms with Gasteiger partial charge in [0.05, 0.1) is 13.3 Å². The van der Waals surface area contributed by atoms with E-state index in [9.17, 15) is 5.11 Å². The number of nitrogens with one attached hydrogen (secondary N) is 2. The van der Waals surface area contributed by atoms with Gasteiger partial charge in [0.2, 0.25) is 5.95 Å². The standard InChI is InChI=1S/C18H19N5O2.H2/c1-11-8-12(6-7-20-11)14-5-4-13(9-16(14)25-3)22-18-21-10-15(24)17(19-2)23-18;/h4-10,24H,1-3H3,(H2,19,21,22,23);1H. The molecule has 7 heteroatoms. The first-order chi connectivity index (χ1) is 12.1. The molecular formula is C18H21N5O2. The van der Waals surface area contributed by atoms with Crippen LogP contribution in [0.1, 0.15) is 7.12 Å². The highest BCUT2D eigenvalue weighted by Crippen LogP contribution is 2.33. The summed E-state index contributed by atoms with van der Waals surface area (Å²) in [5.41, 5.74) is 3.73. The topological polar surface area (TPSA) is 92.2 Å². The molecule has 0 unspecified atom stereocenters. The molecule has 1 aromatic carbocycles. The van der Waals surface area contributed by atoms with Crippen LogP contribution >= 0.6 is 0 Å². The van der Waals surface area contributed by atoms with E-state index in [1.807, 2.05) is 37.3 Å². The summed E-state index contributed by atoms with van der Waals surface area (Å²) < 4.78 is 5.53. The molecule has 0 saturated heterocycles. The maximum absolute atomic E-state index is 9.63.